The van der Waals surface area contributed by atoms with Crippen molar-refractivity contribution >= 4 is 28.1 Å². The van der Waals surface area contributed by atoms with Crippen molar-refractivity contribution in [2.75, 3.05) is 5.75 Å². The van der Waals surface area contributed by atoms with Crippen LogP contribution in [0.15, 0.2) is 24.5 Å². The van der Waals surface area contributed by atoms with Crippen molar-refractivity contribution in [1.82, 2.24) is 24.8 Å². The van der Waals surface area contributed by atoms with E-state index in [4.69, 9.17) is 0 Å². The van der Waals surface area contributed by atoms with E-state index in [-0.39, 0.29) is 0 Å². The van der Waals surface area contributed by atoms with Gasteiger partial charge in [-0.1, -0.05) is 18.3 Å². The second kappa shape index (κ2) is 5.03. The summed E-state index contributed by atoms with van der Waals surface area (Å²) >= 11 is 3.35. The number of pyridine rings is 1. The van der Waals surface area contributed by atoms with Gasteiger partial charge in [0, 0.05) is 18.0 Å². The Balaban J connectivity index is 1.99. The molecule has 0 unspecified atom stereocenters. The molecule has 3 aromatic heterocycles. The third-order valence-electron chi connectivity index (χ3n) is 2.40. The van der Waals surface area contributed by atoms with E-state index >= 15 is 0 Å². The number of hydrogen-bond acceptors (Lipinski definition) is 6. The number of nitrogens with zero attached hydrogens (tertiary/aromatic N) is 5. The maximum absolute atomic E-state index is 4.55. The SMILES string of the molecule is CCSCc1nnc2sc(-c3cccnc3)nn12. The number of hydrogen-bond donors (Lipinski definition) is 0. The van der Waals surface area contributed by atoms with Gasteiger partial charge in [-0.2, -0.15) is 21.4 Å². The van der Waals surface area contributed by atoms with Crippen molar-refractivity contribution in [1.29, 1.82) is 0 Å². The highest BCUT2D eigenvalue weighted by molar-refractivity contribution is 7.98. The molecular formula is C11H11N5S2. The lowest BCUT2D eigenvalue weighted by molar-refractivity contribution is 0.887. The summed E-state index contributed by atoms with van der Waals surface area (Å²) in [5.41, 5.74) is 1.02. The van der Waals surface area contributed by atoms with Gasteiger partial charge in [-0.3, -0.25) is 4.98 Å². The van der Waals surface area contributed by atoms with Crippen molar-refractivity contribution in [3.05, 3.63) is 30.4 Å². The molecule has 18 heavy (non-hydrogen) atoms. The summed E-state index contributed by atoms with van der Waals surface area (Å²) in [4.78, 5) is 4.94. The lowest BCUT2D eigenvalue weighted by Gasteiger charge is -1.94. The number of aromatic nitrogens is 5. The van der Waals surface area contributed by atoms with Gasteiger partial charge >= 0.3 is 0 Å². The summed E-state index contributed by atoms with van der Waals surface area (Å²) in [6.45, 7) is 2.13. The van der Waals surface area contributed by atoms with Crippen molar-refractivity contribution in [3.63, 3.8) is 0 Å². The van der Waals surface area contributed by atoms with Crippen LogP contribution in [0.1, 0.15) is 12.7 Å². The highest BCUT2D eigenvalue weighted by Gasteiger charge is 2.12. The molecule has 0 aliphatic heterocycles. The smallest absolute Gasteiger partial charge is 0.235 e. The topological polar surface area (TPSA) is 56.0 Å². The Morgan fingerprint density at radius 1 is 1.39 bits per heavy atom. The van der Waals surface area contributed by atoms with Gasteiger partial charge in [0.25, 0.3) is 0 Å². The molecule has 0 radical (unpaired) electrons. The second-order valence-electron chi connectivity index (χ2n) is 3.60. The summed E-state index contributed by atoms with van der Waals surface area (Å²) in [5.74, 6) is 2.81. The van der Waals surface area contributed by atoms with E-state index < -0.39 is 0 Å². The highest BCUT2D eigenvalue weighted by Crippen LogP contribution is 2.25. The molecule has 3 rings (SSSR count). The van der Waals surface area contributed by atoms with E-state index in [2.05, 4.69) is 27.2 Å². The standard InChI is InChI=1S/C11H11N5S2/c1-2-17-7-9-13-14-11-16(9)15-10(18-11)8-4-3-5-12-6-8/h3-6H,2,7H2,1H3. The van der Waals surface area contributed by atoms with Crippen molar-refractivity contribution in [2.24, 2.45) is 0 Å². The maximum atomic E-state index is 4.55. The Bertz CT molecular complexity index is 646. The van der Waals surface area contributed by atoms with Gasteiger partial charge < -0.3 is 0 Å². The van der Waals surface area contributed by atoms with Gasteiger partial charge in [0.1, 0.15) is 5.01 Å². The molecule has 0 aliphatic rings. The molecular weight excluding hydrogens is 266 g/mol. The fraction of sp³-hybridized carbons (Fsp3) is 0.273. The van der Waals surface area contributed by atoms with E-state index in [1.165, 1.54) is 11.3 Å². The fourth-order valence-corrected chi connectivity index (χ4v) is 2.96. The first kappa shape index (κ1) is 11.6. The van der Waals surface area contributed by atoms with Crippen LogP contribution in [-0.4, -0.2) is 30.5 Å². The van der Waals surface area contributed by atoms with Gasteiger partial charge in [-0.05, 0) is 17.9 Å². The summed E-state index contributed by atoms with van der Waals surface area (Å²) < 4.78 is 1.83. The molecule has 0 spiro atoms. The third-order valence-corrected chi connectivity index (χ3v) is 4.22. The summed E-state index contributed by atoms with van der Waals surface area (Å²) in [6.07, 6.45) is 3.57. The Morgan fingerprint density at radius 3 is 3.11 bits per heavy atom. The van der Waals surface area contributed by atoms with Gasteiger partial charge in [0.05, 0.1) is 5.75 Å². The number of rotatable bonds is 4. The Labute approximate surface area is 112 Å². The molecule has 92 valence electrons. The molecule has 3 heterocycles. The quantitative estimate of drug-likeness (QED) is 0.733. The van der Waals surface area contributed by atoms with Crippen LogP contribution < -0.4 is 0 Å². The first-order chi connectivity index (χ1) is 8.88. The zero-order valence-corrected chi connectivity index (χ0v) is 11.4. The van der Waals surface area contributed by atoms with E-state index in [0.717, 1.165) is 32.9 Å². The van der Waals surface area contributed by atoms with Crippen molar-refractivity contribution in [2.45, 2.75) is 12.7 Å². The van der Waals surface area contributed by atoms with Crippen LogP contribution in [0.4, 0.5) is 0 Å². The number of fused-ring (bicyclic) bond motifs is 1. The van der Waals surface area contributed by atoms with E-state index in [9.17, 15) is 0 Å². The number of thioether (sulfide) groups is 1. The van der Waals surface area contributed by atoms with Crippen LogP contribution in [-0.2, 0) is 5.75 Å². The summed E-state index contributed by atoms with van der Waals surface area (Å²) in [6, 6.07) is 3.91. The van der Waals surface area contributed by atoms with E-state index in [0.29, 0.717) is 0 Å². The van der Waals surface area contributed by atoms with Crippen LogP contribution in [0.5, 0.6) is 0 Å². The molecule has 5 nitrogen and oxygen atoms in total. The molecule has 0 amide bonds. The molecule has 7 heteroatoms. The van der Waals surface area contributed by atoms with Crippen LogP contribution in [0.3, 0.4) is 0 Å². The van der Waals surface area contributed by atoms with E-state index in [1.807, 2.05) is 34.6 Å². The lowest BCUT2D eigenvalue weighted by atomic mass is 10.3. The van der Waals surface area contributed by atoms with Gasteiger partial charge in [-0.25, -0.2) is 0 Å². The summed E-state index contributed by atoms with van der Waals surface area (Å²) in [5, 5.41) is 13.8. The Morgan fingerprint density at radius 2 is 2.33 bits per heavy atom. The van der Waals surface area contributed by atoms with Crippen molar-refractivity contribution < 1.29 is 0 Å². The van der Waals surface area contributed by atoms with Crippen LogP contribution in [0, 0.1) is 0 Å². The van der Waals surface area contributed by atoms with Gasteiger partial charge in [-0.15, -0.1) is 10.2 Å². The molecule has 0 atom stereocenters. The first-order valence-corrected chi connectivity index (χ1v) is 7.55. The average molecular weight is 277 g/mol. The minimum atomic E-state index is 0.834. The van der Waals surface area contributed by atoms with Crippen LogP contribution in [0.2, 0.25) is 0 Å². The molecule has 0 fully saturated rings. The van der Waals surface area contributed by atoms with Crippen molar-refractivity contribution in [3.8, 4) is 10.6 Å². The minimum Gasteiger partial charge on any atom is -0.264 e. The minimum absolute atomic E-state index is 0.834. The Kier molecular flexibility index (Phi) is 3.24. The molecule has 0 saturated carbocycles. The normalized spacial score (nSPS) is 11.2. The predicted octanol–water partition coefficient (Wildman–Crippen LogP) is 2.50. The largest absolute Gasteiger partial charge is 0.264 e. The highest BCUT2D eigenvalue weighted by atomic mass is 32.2. The van der Waals surface area contributed by atoms with Crippen LogP contribution in [0.25, 0.3) is 15.5 Å². The van der Waals surface area contributed by atoms with E-state index in [1.54, 1.807) is 6.20 Å². The molecule has 3 aromatic rings. The summed E-state index contributed by atoms with van der Waals surface area (Å²) in [7, 11) is 0. The molecule has 0 N–H and O–H groups in total. The predicted molar refractivity (Wildman–Crippen MR) is 73.7 cm³/mol. The zero-order valence-electron chi connectivity index (χ0n) is 9.78. The molecule has 0 saturated heterocycles. The Hall–Kier alpha value is -1.47. The van der Waals surface area contributed by atoms with Gasteiger partial charge in [0.15, 0.2) is 5.82 Å². The molecule has 0 aliphatic carbocycles. The fourth-order valence-electron chi connectivity index (χ4n) is 1.55. The first-order valence-electron chi connectivity index (χ1n) is 5.57. The molecule has 0 aromatic carbocycles. The average Bonchev–Trinajstić information content (AvgIpc) is 2.98. The van der Waals surface area contributed by atoms with Crippen LogP contribution >= 0.6 is 23.1 Å². The molecule has 0 bridgehead atoms. The monoisotopic (exact) mass is 277 g/mol. The third kappa shape index (κ3) is 2.11. The lowest BCUT2D eigenvalue weighted by Crippen LogP contribution is -1.94. The maximum Gasteiger partial charge on any atom is 0.235 e. The second-order valence-corrected chi connectivity index (χ2v) is 5.83. The zero-order chi connectivity index (χ0) is 12.4. The van der Waals surface area contributed by atoms with Gasteiger partial charge in [0.2, 0.25) is 4.96 Å².